The van der Waals surface area contributed by atoms with Crippen LogP contribution in [0.3, 0.4) is 0 Å². The summed E-state index contributed by atoms with van der Waals surface area (Å²) in [6.07, 6.45) is 8.56. The number of aromatic nitrogens is 2. The first-order valence-electron chi connectivity index (χ1n) is 6.69. The van der Waals surface area contributed by atoms with E-state index in [1.807, 2.05) is 15.7 Å². The number of carbonyl (C=O) groups is 1. The Morgan fingerprint density at radius 3 is 2.89 bits per heavy atom. The van der Waals surface area contributed by atoms with Gasteiger partial charge < -0.3 is 15.2 Å². The molecule has 2 aliphatic rings. The van der Waals surface area contributed by atoms with Crippen LogP contribution < -0.4 is 5.73 Å². The van der Waals surface area contributed by atoms with Crippen LogP contribution in [0.4, 0.5) is 0 Å². The maximum Gasteiger partial charge on any atom is 0.230 e. The van der Waals surface area contributed by atoms with Gasteiger partial charge in [0.2, 0.25) is 5.91 Å². The van der Waals surface area contributed by atoms with Crippen LogP contribution in [0.5, 0.6) is 0 Å². The lowest BCUT2D eigenvalue weighted by Gasteiger charge is -2.23. The monoisotopic (exact) mass is 248 g/mol. The third-order valence-electron chi connectivity index (χ3n) is 4.26. The summed E-state index contributed by atoms with van der Waals surface area (Å²) in [6, 6.07) is 0. The van der Waals surface area contributed by atoms with E-state index in [9.17, 15) is 4.79 Å². The molecule has 0 unspecified atom stereocenters. The molecule has 1 saturated heterocycles. The van der Waals surface area contributed by atoms with Gasteiger partial charge in [-0.1, -0.05) is 0 Å². The van der Waals surface area contributed by atoms with Crippen molar-refractivity contribution in [3.05, 3.63) is 18.7 Å². The molecule has 1 saturated carbocycles. The van der Waals surface area contributed by atoms with Gasteiger partial charge in [-0.15, -0.1) is 0 Å². The molecule has 18 heavy (non-hydrogen) atoms. The number of rotatable bonds is 4. The number of hydrogen-bond acceptors (Lipinski definition) is 3. The lowest BCUT2D eigenvalue weighted by Crippen LogP contribution is -2.38. The van der Waals surface area contributed by atoms with E-state index in [2.05, 4.69) is 4.98 Å². The molecule has 0 bridgehead atoms. The molecule has 1 aliphatic heterocycles. The number of imidazole rings is 1. The van der Waals surface area contributed by atoms with Gasteiger partial charge in [0.1, 0.15) is 0 Å². The van der Waals surface area contributed by atoms with Gasteiger partial charge in [-0.3, -0.25) is 4.79 Å². The molecule has 1 aromatic rings. The quantitative estimate of drug-likeness (QED) is 0.842. The molecule has 0 spiro atoms. The molecule has 5 heteroatoms. The normalized spacial score (nSPS) is 25.4. The molecule has 2 heterocycles. The first-order chi connectivity index (χ1) is 8.73. The highest BCUT2D eigenvalue weighted by Crippen LogP contribution is 2.49. The maximum absolute atomic E-state index is 12.6. The number of nitrogens with zero attached hydrogens (tertiary/aromatic N) is 3. The van der Waals surface area contributed by atoms with E-state index in [0.717, 1.165) is 38.9 Å². The van der Waals surface area contributed by atoms with Crippen molar-refractivity contribution in [1.82, 2.24) is 14.5 Å². The number of nitrogens with two attached hydrogens (primary N) is 1. The highest BCUT2D eigenvalue weighted by molar-refractivity contribution is 5.85. The summed E-state index contributed by atoms with van der Waals surface area (Å²) in [7, 11) is 0. The van der Waals surface area contributed by atoms with Crippen LogP contribution in [0.2, 0.25) is 0 Å². The molecular weight excluding hydrogens is 228 g/mol. The Kier molecular flexibility index (Phi) is 2.86. The zero-order chi connectivity index (χ0) is 12.6. The lowest BCUT2D eigenvalue weighted by molar-refractivity contribution is -0.136. The third kappa shape index (κ3) is 2.03. The van der Waals surface area contributed by atoms with E-state index in [1.165, 1.54) is 0 Å². The van der Waals surface area contributed by atoms with Crippen molar-refractivity contribution in [2.75, 3.05) is 19.6 Å². The Morgan fingerprint density at radius 1 is 1.50 bits per heavy atom. The minimum atomic E-state index is -0.149. The van der Waals surface area contributed by atoms with Gasteiger partial charge in [-0.05, 0) is 31.7 Å². The number of amides is 1. The number of likely N-dealkylation sites (tertiary alicyclic amines) is 1. The molecule has 0 radical (unpaired) electrons. The minimum Gasteiger partial charge on any atom is -0.342 e. The van der Waals surface area contributed by atoms with Crippen LogP contribution in [-0.4, -0.2) is 40.0 Å². The average Bonchev–Trinajstić information content (AvgIpc) is 2.84. The van der Waals surface area contributed by atoms with Crippen molar-refractivity contribution in [3.63, 3.8) is 0 Å². The summed E-state index contributed by atoms with van der Waals surface area (Å²) in [5.74, 6) is 0.824. The maximum atomic E-state index is 12.6. The van der Waals surface area contributed by atoms with Crippen molar-refractivity contribution in [2.45, 2.75) is 25.8 Å². The van der Waals surface area contributed by atoms with Gasteiger partial charge in [0.05, 0.1) is 11.7 Å². The molecule has 1 amide bonds. The van der Waals surface area contributed by atoms with Gasteiger partial charge in [0.15, 0.2) is 0 Å². The Morgan fingerprint density at radius 2 is 2.33 bits per heavy atom. The standard InChI is InChI=1S/C13H20N4O/c14-7-11-1-5-17(8-11)12(18)13(2-3-13)9-16-6-4-15-10-16/h4,6,10-11H,1-3,5,7-9,14H2/t11-/m1/s1. The molecule has 98 valence electrons. The number of hydrogen-bond donors (Lipinski definition) is 1. The van der Waals surface area contributed by atoms with Crippen LogP contribution in [0.15, 0.2) is 18.7 Å². The van der Waals surface area contributed by atoms with Crippen molar-refractivity contribution in [3.8, 4) is 0 Å². The third-order valence-corrected chi connectivity index (χ3v) is 4.26. The smallest absolute Gasteiger partial charge is 0.230 e. The number of carbonyl (C=O) groups excluding carboxylic acids is 1. The topological polar surface area (TPSA) is 64.2 Å². The summed E-state index contributed by atoms with van der Waals surface area (Å²) in [4.78, 5) is 18.6. The first-order valence-corrected chi connectivity index (χ1v) is 6.69. The fraction of sp³-hybridized carbons (Fsp3) is 0.692. The van der Waals surface area contributed by atoms with E-state index >= 15 is 0 Å². The molecule has 1 aliphatic carbocycles. The van der Waals surface area contributed by atoms with Gasteiger partial charge in [0, 0.05) is 32.0 Å². The summed E-state index contributed by atoms with van der Waals surface area (Å²) in [5, 5.41) is 0. The van der Waals surface area contributed by atoms with E-state index in [-0.39, 0.29) is 5.41 Å². The Labute approximate surface area is 107 Å². The largest absolute Gasteiger partial charge is 0.342 e. The molecular formula is C13H20N4O. The van der Waals surface area contributed by atoms with Crippen molar-refractivity contribution < 1.29 is 4.79 Å². The van der Waals surface area contributed by atoms with Crippen molar-refractivity contribution >= 4 is 5.91 Å². The molecule has 5 nitrogen and oxygen atoms in total. The molecule has 3 rings (SSSR count). The van der Waals surface area contributed by atoms with Gasteiger partial charge in [0.25, 0.3) is 0 Å². The Hall–Kier alpha value is -1.36. The zero-order valence-electron chi connectivity index (χ0n) is 10.6. The second-order valence-electron chi connectivity index (χ2n) is 5.66. The predicted molar refractivity (Wildman–Crippen MR) is 67.6 cm³/mol. The van der Waals surface area contributed by atoms with Crippen molar-refractivity contribution in [1.29, 1.82) is 0 Å². The van der Waals surface area contributed by atoms with Crippen LogP contribution >= 0.6 is 0 Å². The lowest BCUT2D eigenvalue weighted by atomic mass is 10.1. The predicted octanol–water partition coefficient (Wildman–Crippen LogP) is 0.470. The fourth-order valence-corrected chi connectivity index (χ4v) is 2.87. The van der Waals surface area contributed by atoms with Gasteiger partial charge in [-0.25, -0.2) is 4.98 Å². The second-order valence-corrected chi connectivity index (χ2v) is 5.66. The summed E-state index contributed by atoms with van der Waals surface area (Å²) >= 11 is 0. The summed E-state index contributed by atoms with van der Waals surface area (Å²) in [6.45, 7) is 3.20. The molecule has 2 N–H and O–H groups in total. The average molecular weight is 248 g/mol. The SMILES string of the molecule is NC[C@H]1CCN(C(=O)C2(Cn3ccnc3)CC2)C1. The summed E-state index contributed by atoms with van der Waals surface area (Å²) in [5.41, 5.74) is 5.53. The molecule has 1 atom stereocenters. The second kappa shape index (κ2) is 4.39. The molecule has 0 aromatic carbocycles. The van der Waals surface area contributed by atoms with E-state index < -0.39 is 0 Å². The highest BCUT2D eigenvalue weighted by atomic mass is 16.2. The van der Waals surface area contributed by atoms with Crippen LogP contribution in [0.25, 0.3) is 0 Å². The Bertz CT molecular complexity index is 424. The van der Waals surface area contributed by atoms with Crippen LogP contribution in [0, 0.1) is 11.3 Å². The molecule has 1 aromatic heterocycles. The molecule has 2 fully saturated rings. The highest BCUT2D eigenvalue weighted by Gasteiger charge is 2.52. The summed E-state index contributed by atoms with van der Waals surface area (Å²) < 4.78 is 2.02. The zero-order valence-corrected chi connectivity index (χ0v) is 10.6. The van der Waals surface area contributed by atoms with Crippen molar-refractivity contribution in [2.24, 2.45) is 17.1 Å². The van der Waals surface area contributed by atoms with E-state index in [1.54, 1.807) is 12.5 Å². The van der Waals surface area contributed by atoms with Gasteiger partial charge in [-0.2, -0.15) is 0 Å². The van der Waals surface area contributed by atoms with E-state index in [4.69, 9.17) is 5.73 Å². The fourth-order valence-electron chi connectivity index (χ4n) is 2.87. The van der Waals surface area contributed by atoms with Crippen LogP contribution in [-0.2, 0) is 11.3 Å². The van der Waals surface area contributed by atoms with Gasteiger partial charge >= 0.3 is 0 Å². The van der Waals surface area contributed by atoms with Crippen LogP contribution in [0.1, 0.15) is 19.3 Å². The Balaban J connectivity index is 1.65. The first kappa shape index (κ1) is 11.7. The minimum absolute atomic E-state index is 0.149. The van der Waals surface area contributed by atoms with E-state index in [0.29, 0.717) is 18.4 Å².